The van der Waals surface area contributed by atoms with Crippen LogP contribution in [0.15, 0.2) is 66.7 Å². The highest BCUT2D eigenvalue weighted by molar-refractivity contribution is 6.32. The predicted molar refractivity (Wildman–Crippen MR) is 117 cm³/mol. The van der Waals surface area contributed by atoms with Crippen LogP contribution in [0.2, 0.25) is 5.02 Å². The second kappa shape index (κ2) is 10.4. The Morgan fingerprint density at radius 3 is 2.12 bits per heavy atom. The fourth-order valence-corrected chi connectivity index (χ4v) is 2.90. The molecule has 0 spiro atoms. The van der Waals surface area contributed by atoms with Crippen LogP contribution < -0.4 is 9.47 Å². The van der Waals surface area contributed by atoms with E-state index in [9.17, 15) is 24.5 Å². The van der Waals surface area contributed by atoms with Gasteiger partial charge in [-0.15, -0.1) is 0 Å². The first-order chi connectivity index (χ1) is 15.7. The molecule has 0 saturated heterocycles. The largest absolute Gasteiger partial charge is 0.454 e. The van der Waals surface area contributed by atoms with Crippen molar-refractivity contribution >= 4 is 35.0 Å². The Hall–Kier alpha value is -4.24. The van der Waals surface area contributed by atoms with Gasteiger partial charge in [-0.1, -0.05) is 17.7 Å². The number of para-hydroxylation sites is 1. The predicted octanol–water partition coefficient (Wildman–Crippen LogP) is 5.01. The van der Waals surface area contributed by atoms with Crippen LogP contribution in [0, 0.1) is 10.1 Å². The van der Waals surface area contributed by atoms with Crippen molar-refractivity contribution in [2.24, 2.45) is 0 Å². The van der Waals surface area contributed by atoms with Gasteiger partial charge in [0.05, 0.1) is 15.5 Å². The molecule has 3 aromatic carbocycles. The molecule has 0 aliphatic carbocycles. The molecule has 0 heterocycles. The van der Waals surface area contributed by atoms with E-state index in [0.29, 0.717) is 5.75 Å². The minimum absolute atomic E-state index is 0.0621. The van der Waals surface area contributed by atoms with Crippen molar-refractivity contribution < 1.29 is 33.5 Å². The van der Waals surface area contributed by atoms with Gasteiger partial charge in [0.2, 0.25) is 5.75 Å². The van der Waals surface area contributed by atoms with Crippen LogP contribution in [0.5, 0.6) is 17.2 Å². The lowest BCUT2D eigenvalue weighted by atomic mass is 10.1. The van der Waals surface area contributed by atoms with Crippen molar-refractivity contribution in [1.29, 1.82) is 0 Å². The van der Waals surface area contributed by atoms with Crippen molar-refractivity contribution in [2.45, 2.75) is 6.92 Å². The Labute approximate surface area is 192 Å². The normalized spacial score (nSPS) is 10.2. The minimum Gasteiger partial charge on any atom is -0.454 e. The third kappa shape index (κ3) is 6.14. The van der Waals surface area contributed by atoms with E-state index >= 15 is 0 Å². The Kier molecular flexibility index (Phi) is 7.37. The van der Waals surface area contributed by atoms with Gasteiger partial charge in [-0.3, -0.25) is 19.7 Å². The van der Waals surface area contributed by atoms with Crippen LogP contribution in [0.1, 0.15) is 27.6 Å². The maximum Gasteiger partial charge on any atom is 0.338 e. The molecule has 9 nitrogen and oxygen atoms in total. The second-order valence-electron chi connectivity index (χ2n) is 6.59. The van der Waals surface area contributed by atoms with Gasteiger partial charge in [-0.05, 0) is 54.6 Å². The van der Waals surface area contributed by atoms with Crippen molar-refractivity contribution in [2.75, 3.05) is 6.61 Å². The number of ether oxygens (including phenoxy) is 3. The van der Waals surface area contributed by atoms with E-state index in [4.69, 9.17) is 25.8 Å². The molecule has 0 atom stereocenters. The molecule has 168 valence electrons. The van der Waals surface area contributed by atoms with E-state index in [1.54, 1.807) is 0 Å². The molecular formula is C23H16ClNO8. The summed E-state index contributed by atoms with van der Waals surface area (Å²) in [6.07, 6.45) is 0. The summed E-state index contributed by atoms with van der Waals surface area (Å²) in [5.41, 5.74) is 0.128. The number of rotatable bonds is 8. The third-order valence-corrected chi connectivity index (χ3v) is 4.52. The van der Waals surface area contributed by atoms with Gasteiger partial charge in [0.1, 0.15) is 11.5 Å². The number of benzene rings is 3. The van der Waals surface area contributed by atoms with Crippen molar-refractivity contribution in [3.8, 4) is 17.2 Å². The number of ketones is 1. The molecule has 0 unspecified atom stereocenters. The summed E-state index contributed by atoms with van der Waals surface area (Å²) in [6.45, 7) is 0.771. The van der Waals surface area contributed by atoms with E-state index < -0.39 is 29.3 Å². The van der Waals surface area contributed by atoms with Crippen LogP contribution in [0.3, 0.4) is 0 Å². The lowest BCUT2D eigenvalue weighted by Gasteiger charge is -2.09. The minimum atomic E-state index is -0.741. The molecule has 3 aromatic rings. The molecule has 3 rings (SSSR count). The molecule has 0 amide bonds. The SMILES string of the molecule is CC(=O)Oc1ccc(C(=O)COC(=O)c2ccc(Oc3c(Cl)cccc3[N+](=O)[O-])cc2)cc1. The van der Waals surface area contributed by atoms with Crippen molar-refractivity contribution in [3.63, 3.8) is 0 Å². The number of nitro groups is 1. The first-order valence-electron chi connectivity index (χ1n) is 9.44. The summed E-state index contributed by atoms with van der Waals surface area (Å²) < 4.78 is 15.4. The van der Waals surface area contributed by atoms with Crippen molar-refractivity contribution in [1.82, 2.24) is 0 Å². The smallest absolute Gasteiger partial charge is 0.338 e. The van der Waals surface area contributed by atoms with Crippen LogP contribution in [0.4, 0.5) is 5.69 Å². The molecule has 0 radical (unpaired) electrons. The Bertz CT molecular complexity index is 1210. The van der Waals surface area contributed by atoms with Gasteiger partial charge >= 0.3 is 17.6 Å². The number of halogens is 1. The summed E-state index contributed by atoms with van der Waals surface area (Å²) in [7, 11) is 0. The molecule has 0 aliphatic heterocycles. The van der Waals surface area contributed by atoms with E-state index in [0.717, 1.165) is 0 Å². The molecule has 0 aliphatic rings. The number of Topliss-reactive ketones (excluding diaryl/α,β-unsaturated/α-hetero) is 1. The van der Waals surface area contributed by atoms with Gasteiger partial charge in [-0.25, -0.2) is 4.79 Å². The maximum atomic E-state index is 12.2. The van der Waals surface area contributed by atoms with Crippen LogP contribution in [0.25, 0.3) is 0 Å². The van der Waals surface area contributed by atoms with Gasteiger partial charge in [0.25, 0.3) is 0 Å². The Balaban J connectivity index is 1.60. The number of esters is 2. The number of hydrogen-bond acceptors (Lipinski definition) is 8. The number of carbonyl (C=O) groups is 3. The van der Waals surface area contributed by atoms with Crippen LogP contribution >= 0.6 is 11.6 Å². The number of nitrogens with zero attached hydrogens (tertiary/aromatic N) is 1. The first-order valence-corrected chi connectivity index (χ1v) is 9.82. The fraction of sp³-hybridized carbons (Fsp3) is 0.0870. The number of nitro benzene ring substituents is 1. The summed E-state index contributed by atoms with van der Waals surface area (Å²) in [5.74, 6) is -1.28. The lowest BCUT2D eigenvalue weighted by Crippen LogP contribution is -2.14. The van der Waals surface area contributed by atoms with Gasteiger partial charge in [-0.2, -0.15) is 0 Å². The summed E-state index contributed by atoms with van der Waals surface area (Å²) in [5, 5.41) is 11.2. The van der Waals surface area contributed by atoms with Crippen LogP contribution in [-0.2, 0) is 9.53 Å². The highest BCUT2D eigenvalue weighted by Crippen LogP contribution is 2.37. The molecule has 0 aromatic heterocycles. The zero-order chi connectivity index (χ0) is 24.0. The molecule has 0 saturated carbocycles. The molecule has 0 bridgehead atoms. The molecule has 33 heavy (non-hydrogen) atoms. The summed E-state index contributed by atoms with van der Waals surface area (Å²) in [4.78, 5) is 45.9. The van der Waals surface area contributed by atoms with Crippen molar-refractivity contribution in [3.05, 3.63) is 93.0 Å². The van der Waals surface area contributed by atoms with Gasteiger partial charge < -0.3 is 14.2 Å². The van der Waals surface area contributed by atoms with E-state index in [1.165, 1.54) is 73.7 Å². The Morgan fingerprint density at radius 1 is 0.909 bits per heavy atom. The Morgan fingerprint density at radius 2 is 1.52 bits per heavy atom. The van der Waals surface area contributed by atoms with Gasteiger partial charge in [0.15, 0.2) is 12.4 Å². The molecule has 10 heteroatoms. The lowest BCUT2D eigenvalue weighted by molar-refractivity contribution is -0.385. The molecule has 0 N–H and O–H groups in total. The zero-order valence-electron chi connectivity index (χ0n) is 17.1. The van der Waals surface area contributed by atoms with E-state index in [2.05, 4.69) is 0 Å². The highest BCUT2D eigenvalue weighted by Gasteiger charge is 2.19. The third-order valence-electron chi connectivity index (χ3n) is 4.23. The average molecular weight is 470 g/mol. The quantitative estimate of drug-likeness (QED) is 0.148. The second-order valence-corrected chi connectivity index (χ2v) is 7.00. The topological polar surface area (TPSA) is 122 Å². The summed E-state index contributed by atoms with van der Waals surface area (Å²) >= 11 is 6.00. The average Bonchev–Trinajstić information content (AvgIpc) is 2.79. The summed E-state index contributed by atoms with van der Waals surface area (Å²) in [6, 6.07) is 15.6. The molecule has 0 fully saturated rings. The first kappa shape index (κ1) is 23.4. The number of carbonyl (C=O) groups excluding carboxylic acids is 3. The van der Waals surface area contributed by atoms with E-state index in [-0.39, 0.29) is 33.3 Å². The highest BCUT2D eigenvalue weighted by atomic mass is 35.5. The maximum absolute atomic E-state index is 12.2. The zero-order valence-corrected chi connectivity index (χ0v) is 17.9. The van der Waals surface area contributed by atoms with Gasteiger partial charge in [0, 0.05) is 18.6 Å². The molecular weight excluding hydrogens is 454 g/mol. The van der Waals surface area contributed by atoms with Crippen LogP contribution in [-0.4, -0.2) is 29.3 Å². The standard InChI is InChI=1S/C23H16ClNO8/c1-14(26)32-17-9-5-15(6-10-17)21(27)13-31-23(28)16-7-11-18(12-8-16)33-22-19(24)3-2-4-20(22)25(29)30/h2-12H,13H2,1H3. The monoisotopic (exact) mass is 469 g/mol. The fourth-order valence-electron chi connectivity index (χ4n) is 2.69. The number of hydrogen-bond donors (Lipinski definition) is 0. The van der Waals surface area contributed by atoms with E-state index in [1.807, 2.05) is 0 Å².